The van der Waals surface area contributed by atoms with Gasteiger partial charge in [0.1, 0.15) is 5.92 Å². The molecule has 2 aliphatic rings. The fourth-order valence-electron chi connectivity index (χ4n) is 1.28. The lowest BCUT2D eigenvalue weighted by molar-refractivity contribution is -0.118. The number of amides is 1. The van der Waals surface area contributed by atoms with Gasteiger partial charge in [0.15, 0.2) is 5.84 Å². The fraction of sp³-hybridized carbons (Fsp3) is 0.100. The van der Waals surface area contributed by atoms with Crippen LogP contribution in [0.5, 0.6) is 0 Å². The third kappa shape index (κ3) is 1.28. The van der Waals surface area contributed by atoms with Crippen LogP contribution < -0.4 is 0 Å². The average molecular weight is 172 g/mol. The molecular weight excluding hydrogens is 164 g/mol. The van der Waals surface area contributed by atoms with Crippen LogP contribution in [-0.4, -0.2) is 17.5 Å². The van der Waals surface area contributed by atoms with Crippen molar-refractivity contribution in [3.8, 4) is 0 Å². The molecule has 0 fully saturated rings. The van der Waals surface area contributed by atoms with Gasteiger partial charge < -0.3 is 0 Å². The molecule has 64 valence electrons. The molecule has 0 aromatic rings. The zero-order chi connectivity index (χ0) is 9.26. The number of allylic oxidation sites excluding steroid dienone is 3. The lowest BCUT2D eigenvalue weighted by atomic mass is 9.97. The molecule has 1 aliphatic heterocycles. The Labute approximate surface area is 75.9 Å². The average Bonchev–Trinajstić information content (AvgIpc) is 2.18. The number of hydrogen-bond acceptors (Lipinski definition) is 2. The molecule has 0 N–H and O–H groups in total. The van der Waals surface area contributed by atoms with Gasteiger partial charge >= 0.3 is 0 Å². The summed E-state index contributed by atoms with van der Waals surface area (Å²) in [6, 6.07) is 0. The highest BCUT2D eigenvalue weighted by Crippen LogP contribution is 2.15. The van der Waals surface area contributed by atoms with Crippen molar-refractivity contribution in [2.45, 2.75) is 0 Å². The molecule has 1 unspecified atom stereocenters. The lowest BCUT2D eigenvalue weighted by Crippen LogP contribution is -2.26. The van der Waals surface area contributed by atoms with Crippen molar-refractivity contribution in [2.75, 3.05) is 0 Å². The van der Waals surface area contributed by atoms with Crippen LogP contribution in [0.25, 0.3) is 0 Å². The van der Waals surface area contributed by atoms with E-state index in [0.29, 0.717) is 5.84 Å². The van der Waals surface area contributed by atoms with E-state index in [1.807, 2.05) is 18.2 Å². The minimum absolute atomic E-state index is 0.166. The second kappa shape index (κ2) is 2.94. The molecule has 0 saturated heterocycles. The van der Waals surface area contributed by atoms with Gasteiger partial charge in [0.25, 0.3) is 5.91 Å². The summed E-state index contributed by atoms with van der Waals surface area (Å²) in [5, 5.41) is 0. The Balaban J connectivity index is 2.44. The summed E-state index contributed by atoms with van der Waals surface area (Å²) < 4.78 is 0. The third-order valence-electron chi connectivity index (χ3n) is 1.92. The summed E-state index contributed by atoms with van der Waals surface area (Å²) in [4.78, 5) is 19.3. The Hall–Kier alpha value is -1.77. The second-order valence-corrected chi connectivity index (χ2v) is 2.77. The van der Waals surface area contributed by atoms with Crippen LogP contribution in [0.15, 0.2) is 46.9 Å². The highest BCUT2D eigenvalue weighted by atomic mass is 16.1. The molecule has 1 atom stereocenters. The van der Waals surface area contributed by atoms with Gasteiger partial charge in [-0.05, 0) is 12.2 Å². The first kappa shape index (κ1) is 7.86. The van der Waals surface area contributed by atoms with Crippen LogP contribution in [0.3, 0.4) is 0 Å². The van der Waals surface area contributed by atoms with Crippen LogP contribution >= 0.6 is 0 Å². The van der Waals surface area contributed by atoms with Gasteiger partial charge in [0.05, 0.1) is 5.71 Å². The molecule has 0 aromatic heterocycles. The minimum Gasteiger partial charge on any atom is -0.271 e. The highest BCUT2D eigenvalue weighted by molar-refractivity contribution is 6.23. The molecule has 0 aromatic carbocycles. The molecule has 1 heterocycles. The summed E-state index contributed by atoms with van der Waals surface area (Å²) >= 11 is 0. The monoisotopic (exact) mass is 172 g/mol. The van der Waals surface area contributed by atoms with Crippen molar-refractivity contribution in [1.82, 2.24) is 0 Å². The zero-order valence-electron chi connectivity index (χ0n) is 6.97. The highest BCUT2D eigenvalue weighted by Gasteiger charge is 2.24. The maximum Gasteiger partial charge on any atom is 0.260 e. The quantitative estimate of drug-likeness (QED) is 0.587. The SMILES string of the molecule is C=CC1=NC(=O)C2C=CC=CC2=N1. The summed E-state index contributed by atoms with van der Waals surface area (Å²) in [7, 11) is 0. The Morgan fingerprint density at radius 1 is 1.38 bits per heavy atom. The number of hydrogen-bond donors (Lipinski definition) is 0. The summed E-state index contributed by atoms with van der Waals surface area (Å²) in [6.45, 7) is 3.52. The summed E-state index contributed by atoms with van der Waals surface area (Å²) in [6.07, 6.45) is 8.78. The normalized spacial score (nSPS) is 24.9. The van der Waals surface area contributed by atoms with Crippen molar-refractivity contribution in [3.05, 3.63) is 37.0 Å². The first-order valence-electron chi connectivity index (χ1n) is 3.99. The zero-order valence-corrected chi connectivity index (χ0v) is 6.97. The van der Waals surface area contributed by atoms with Crippen molar-refractivity contribution >= 4 is 17.5 Å². The Morgan fingerprint density at radius 2 is 2.23 bits per heavy atom. The van der Waals surface area contributed by atoms with E-state index in [0.717, 1.165) is 5.71 Å². The van der Waals surface area contributed by atoms with Gasteiger partial charge in [-0.3, -0.25) is 4.79 Å². The van der Waals surface area contributed by atoms with Gasteiger partial charge in [-0.25, -0.2) is 4.99 Å². The van der Waals surface area contributed by atoms with Crippen LogP contribution in [-0.2, 0) is 4.79 Å². The van der Waals surface area contributed by atoms with Crippen molar-refractivity contribution < 1.29 is 4.79 Å². The predicted octanol–water partition coefficient (Wildman–Crippen LogP) is 1.29. The Bertz CT molecular complexity index is 386. The van der Waals surface area contributed by atoms with Gasteiger partial charge in [-0.15, -0.1) is 0 Å². The van der Waals surface area contributed by atoms with Crippen LogP contribution in [0.4, 0.5) is 0 Å². The number of nitrogens with zero attached hydrogens (tertiary/aromatic N) is 2. The Morgan fingerprint density at radius 3 is 3.00 bits per heavy atom. The molecule has 0 bridgehead atoms. The molecular formula is C10H8N2O. The van der Waals surface area contributed by atoms with Crippen LogP contribution in [0.2, 0.25) is 0 Å². The lowest BCUT2D eigenvalue weighted by Gasteiger charge is -2.15. The molecule has 0 radical (unpaired) electrons. The van der Waals surface area contributed by atoms with E-state index in [1.54, 1.807) is 6.08 Å². The standard InChI is InChI=1S/C10H8N2O/c1-2-9-11-8-6-4-3-5-7(8)10(13)12-9/h2-7H,1H2. The van der Waals surface area contributed by atoms with Crippen molar-refractivity contribution in [2.24, 2.45) is 15.9 Å². The molecule has 1 aliphatic carbocycles. The van der Waals surface area contributed by atoms with Crippen LogP contribution in [0, 0.1) is 5.92 Å². The van der Waals surface area contributed by atoms with E-state index >= 15 is 0 Å². The second-order valence-electron chi connectivity index (χ2n) is 2.77. The van der Waals surface area contributed by atoms with Gasteiger partial charge in [-0.2, -0.15) is 4.99 Å². The maximum absolute atomic E-state index is 11.4. The van der Waals surface area contributed by atoms with Crippen molar-refractivity contribution in [3.63, 3.8) is 0 Å². The van der Waals surface area contributed by atoms with E-state index in [4.69, 9.17) is 0 Å². The number of amidine groups is 1. The number of carbonyl (C=O) groups is 1. The molecule has 3 nitrogen and oxygen atoms in total. The number of fused-ring (bicyclic) bond motifs is 1. The topological polar surface area (TPSA) is 41.8 Å². The summed E-state index contributed by atoms with van der Waals surface area (Å²) in [5.41, 5.74) is 0.748. The first-order chi connectivity index (χ1) is 6.31. The predicted molar refractivity (Wildman–Crippen MR) is 51.8 cm³/mol. The van der Waals surface area contributed by atoms with Gasteiger partial charge in [0.2, 0.25) is 0 Å². The fourth-order valence-corrected chi connectivity index (χ4v) is 1.28. The van der Waals surface area contributed by atoms with E-state index in [9.17, 15) is 4.79 Å². The van der Waals surface area contributed by atoms with Gasteiger partial charge in [-0.1, -0.05) is 24.8 Å². The number of aliphatic imine (C=N–C) groups is 2. The molecule has 2 rings (SSSR count). The van der Waals surface area contributed by atoms with Gasteiger partial charge in [0, 0.05) is 0 Å². The largest absolute Gasteiger partial charge is 0.271 e. The number of carbonyl (C=O) groups excluding carboxylic acids is 1. The molecule has 3 heteroatoms. The molecule has 0 spiro atoms. The molecule has 13 heavy (non-hydrogen) atoms. The van der Waals surface area contributed by atoms with E-state index in [-0.39, 0.29) is 11.8 Å². The first-order valence-corrected chi connectivity index (χ1v) is 3.99. The summed E-state index contributed by atoms with van der Waals surface area (Å²) in [5.74, 6) is -0.0506. The number of rotatable bonds is 1. The van der Waals surface area contributed by atoms with E-state index in [1.165, 1.54) is 6.08 Å². The van der Waals surface area contributed by atoms with E-state index < -0.39 is 0 Å². The molecule has 1 amide bonds. The van der Waals surface area contributed by atoms with E-state index in [2.05, 4.69) is 16.6 Å². The third-order valence-corrected chi connectivity index (χ3v) is 1.92. The molecule has 0 saturated carbocycles. The minimum atomic E-state index is -0.284. The Kier molecular flexibility index (Phi) is 1.77. The van der Waals surface area contributed by atoms with Crippen LogP contribution in [0.1, 0.15) is 0 Å². The van der Waals surface area contributed by atoms with Crippen molar-refractivity contribution in [1.29, 1.82) is 0 Å². The smallest absolute Gasteiger partial charge is 0.260 e. The maximum atomic E-state index is 11.4.